The molecule has 2 aromatic rings. The molecule has 0 spiro atoms. The SMILES string of the molecule is C1CCCN(Cc2nnc3sc(C45CC6CC(CC(C6)C4)C5)nn23)CC1. The lowest BCUT2D eigenvalue weighted by molar-refractivity contribution is -0.00568. The topological polar surface area (TPSA) is 46.3 Å². The van der Waals surface area contributed by atoms with Crippen molar-refractivity contribution >= 4 is 16.3 Å². The lowest BCUT2D eigenvalue weighted by atomic mass is 9.50. The molecule has 4 bridgehead atoms. The van der Waals surface area contributed by atoms with Crippen LogP contribution >= 0.6 is 11.3 Å². The molecular formula is C20H29N5S. The van der Waals surface area contributed by atoms with Gasteiger partial charge in [0.15, 0.2) is 5.82 Å². The first kappa shape index (κ1) is 16.0. The fourth-order valence-corrected chi connectivity index (χ4v) is 7.91. The molecule has 140 valence electrons. The molecule has 0 unspecified atom stereocenters. The van der Waals surface area contributed by atoms with E-state index in [0.717, 1.165) is 35.1 Å². The van der Waals surface area contributed by atoms with Crippen LogP contribution in [0.5, 0.6) is 0 Å². The fraction of sp³-hybridized carbons (Fsp3) is 0.850. The third kappa shape index (κ3) is 2.55. The highest BCUT2D eigenvalue weighted by Crippen LogP contribution is 2.61. The van der Waals surface area contributed by atoms with Crippen LogP contribution < -0.4 is 0 Å². The summed E-state index contributed by atoms with van der Waals surface area (Å²) in [5, 5.41) is 15.5. The monoisotopic (exact) mass is 371 g/mol. The van der Waals surface area contributed by atoms with E-state index in [9.17, 15) is 0 Å². The first-order valence-electron chi connectivity index (χ1n) is 10.7. The highest BCUT2D eigenvalue weighted by molar-refractivity contribution is 7.16. The fourth-order valence-electron chi connectivity index (χ4n) is 6.84. The number of hydrogen-bond donors (Lipinski definition) is 0. The molecule has 26 heavy (non-hydrogen) atoms. The minimum Gasteiger partial charge on any atom is -0.296 e. The molecule has 5 aliphatic rings. The predicted molar refractivity (Wildman–Crippen MR) is 102 cm³/mol. The van der Waals surface area contributed by atoms with Crippen LogP contribution in [0.15, 0.2) is 0 Å². The molecule has 1 aliphatic heterocycles. The van der Waals surface area contributed by atoms with E-state index in [4.69, 9.17) is 5.10 Å². The van der Waals surface area contributed by atoms with Gasteiger partial charge in [-0.15, -0.1) is 10.2 Å². The summed E-state index contributed by atoms with van der Waals surface area (Å²) in [6.07, 6.45) is 14.0. The van der Waals surface area contributed by atoms with Gasteiger partial charge in [0.25, 0.3) is 0 Å². The zero-order chi connectivity index (χ0) is 17.1. The number of fused-ring (bicyclic) bond motifs is 1. The second kappa shape index (κ2) is 5.99. The maximum atomic E-state index is 5.14. The molecule has 4 saturated carbocycles. The third-order valence-electron chi connectivity index (χ3n) is 7.61. The Hall–Kier alpha value is -1.01. The van der Waals surface area contributed by atoms with Gasteiger partial charge in [0, 0.05) is 5.41 Å². The number of hydrogen-bond acceptors (Lipinski definition) is 5. The Morgan fingerprint density at radius 1 is 0.885 bits per heavy atom. The molecule has 1 saturated heterocycles. The molecule has 3 heterocycles. The maximum absolute atomic E-state index is 5.14. The van der Waals surface area contributed by atoms with Gasteiger partial charge < -0.3 is 0 Å². The number of likely N-dealkylation sites (tertiary alicyclic amines) is 1. The first-order chi connectivity index (χ1) is 12.8. The van der Waals surface area contributed by atoms with Crippen LogP contribution in [0.3, 0.4) is 0 Å². The lowest BCUT2D eigenvalue weighted by Gasteiger charge is -2.55. The lowest BCUT2D eigenvalue weighted by Crippen LogP contribution is -2.48. The Morgan fingerprint density at radius 2 is 1.54 bits per heavy atom. The zero-order valence-electron chi connectivity index (χ0n) is 15.6. The van der Waals surface area contributed by atoms with Crippen molar-refractivity contribution in [2.45, 2.75) is 76.2 Å². The van der Waals surface area contributed by atoms with Gasteiger partial charge in [-0.3, -0.25) is 4.90 Å². The van der Waals surface area contributed by atoms with Gasteiger partial charge in [-0.25, -0.2) is 0 Å². The van der Waals surface area contributed by atoms with Gasteiger partial charge in [0.05, 0.1) is 6.54 Å². The summed E-state index contributed by atoms with van der Waals surface area (Å²) in [6, 6.07) is 0. The molecular weight excluding hydrogens is 342 g/mol. The number of rotatable bonds is 3. The van der Waals surface area contributed by atoms with E-state index in [2.05, 4.69) is 19.6 Å². The van der Waals surface area contributed by atoms with Crippen LogP contribution in [0.25, 0.3) is 4.96 Å². The van der Waals surface area contributed by atoms with Crippen molar-refractivity contribution in [3.63, 3.8) is 0 Å². The summed E-state index contributed by atoms with van der Waals surface area (Å²) in [4.78, 5) is 3.56. The smallest absolute Gasteiger partial charge is 0.234 e. The summed E-state index contributed by atoms with van der Waals surface area (Å²) in [5.74, 6) is 3.95. The van der Waals surface area contributed by atoms with Crippen molar-refractivity contribution < 1.29 is 0 Å². The maximum Gasteiger partial charge on any atom is 0.234 e. The van der Waals surface area contributed by atoms with E-state index >= 15 is 0 Å². The minimum atomic E-state index is 0.375. The molecule has 0 amide bonds. The number of aromatic nitrogens is 4. The standard InChI is InChI=1S/C20H29N5S/c1-2-4-6-24(5-3-1)13-17-21-22-19-25(17)23-18(26-19)20-10-14-7-15(11-20)9-16(8-14)12-20/h14-16H,1-13H2. The van der Waals surface area contributed by atoms with Gasteiger partial charge in [-0.05, 0) is 82.2 Å². The Labute approximate surface area is 159 Å². The molecule has 5 fully saturated rings. The average molecular weight is 372 g/mol. The highest BCUT2D eigenvalue weighted by Gasteiger charge is 2.53. The van der Waals surface area contributed by atoms with Crippen LogP contribution in [0.1, 0.15) is 75.0 Å². The van der Waals surface area contributed by atoms with Crippen molar-refractivity contribution in [3.05, 3.63) is 10.8 Å². The van der Waals surface area contributed by atoms with Crippen LogP contribution in [0.2, 0.25) is 0 Å². The van der Waals surface area contributed by atoms with Gasteiger partial charge in [0.2, 0.25) is 4.96 Å². The van der Waals surface area contributed by atoms with E-state index in [1.807, 2.05) is 11.3 Å². The Balaban J connectivity index is 1.30. The summed E-state index contributed by atoms with van der Waals surface area (Å²) in [6.45, 7) is 3.30. The van der Waals surface area contributed by atoms with E-state index < -0.39 is 0 Å². The number of nitrogens with zero attached hydrogens (tertiary/aromatic N) is 5. The molecule has 7 rings (SSSR count). The average Bonchev–Trinajstić information content (AvgIpc) is 3.09. The molecule has 4 aliphatic carbocycles. The molecule has 5 nitrogen and oxygen atoms in total. The van der Waals surface area contributed by atoms with Crippen molar-refractivity contribution in [2.24, 2.45) is 17.8 Å². The first-order valence-corrected chi connectivity index (χ1v) is 11.5. The summed E-state index contributed by atoms with van der Waals surface area (Å²) in [5.41, 5.74) is 0.375. The van der Waals surface area contributed by atoms with Gasteiger partial charge in [0.1, 0.15) is 5.01 Å². The molecule has 0 N–H and O–H groups in total. The van der Waals surface area contributed by atoms with E-state index in [-0.39, 0.29) is 0 Å². The molecule has 6 heteroatoms. The quantitative estimate of drug-likeness (QED) is 0.817. The third-order valence-corrected chi connectivity index (χ3v) is 8.76. The van der Waals surface area contributed by atoms with E-state index in [1.165, 1.54) is 82.3 Å². The minimum absolute atomic E-state index is 0.375. The molecule has 0 radical (unpaired) electrons. The predicted octanol–water partition coefficient (Wildman–Crippen LogP) is 4.03. The van der Waals surface area contributed by atoms with Crippen LogP contribution in [-0.2, 0) is 12.0 Å². The van der Waals surface area contributed by atoms with Crippen molar-refractivity contribution in [3.8, 4) is 0 Å². The van der Waals surface area contributed by atoms with Crippen LogP contribution in [0, 0.1) is 17.8 Å². The molecule has 2 aromatic heterocycles. The van der Waals surface area contributed by atoms with Crippen molar-refractivity contribution in [1.29, 1.82) is 0 Å². The summed E-state index contributed by atoms with van der Waals surface area (Å²) < 4.78 is 2.09. The van der Waals surface area contributed by atoms with Gasteiger partial charge in [-0.1, -0.05) is 24.2 Å². The van der Waals surface area contributed by atoms with Gasteiger partial charge in [-0.2, -0.15) is 9.61 Å². The highest BCUT2D eigenvalue weighted by atomic mass is 32.1. The van der Waals surface area contributed by atoms with Crippen molar-refractivity contribution in [1.82, 2.24) is 24.7 Å². The van der Waals surface area contributed by atoms with Crippen molar-refractivity contribution in [2.75, 3.05) is 13.1 Å². The largest absolute Gasteiger partial charge is 0.296 e. The second-order valence-electron chi connectivity index (χ2n) is 9.61. The van der Waals surface area contributed by atoms with E-state index in [1.54, 1.807) is 0 Å². The van der Waals surface area contributed by atoms with Crippen LogP contribution in [-0.4, -0.2) is 37.8 Å². The summed E-state index contributed by atoms with van der Waals surface area (Å²) >= 11 is 1.83. The summed E-state index contributed by atoms with van der Waals surface area (Å²) in [7, 11) is 0. The normalized spacial score (nSPS) is 37.5. The van der Waals surface area contributed by atoms with Crippen LogP contribution in [0.4, 0.5) is 0 Å². The Morgan fingerprint density at radius 3 is 2.19 bits per heavy atom. The molecule has 0 aromatic carbocycles. The Bertz CT molecular complexity index is 765. The Kier molecular flexibility index (Phi) is 3.69. The zero-order valence-corrected chi connectivity index (χ0v) is 16.4. The molecule has 0 atom stereocenters. The van der Waals surface area contributed by atoms with E-state index in [0.29, 0.717) is 5.41 Å². The van der Waals surface area contributed by atoms with Gasteiger partial charge >= 0.3 is 0 Å². The second-order valence-corrected chi connectivity index (χ2v) is 10.6.